The summed E-state index contributed by atoms with van der Waals surface area (Å²) in [5.41, 5.74) is 0.0561. The number of aliphatic carboxylic acids is 1. The number of carboxylic acids is 1. The molecule has 2 heterocycles. The van der Waals surface area contributed by atoms with Gasteiger partial charge in [-0.2, -0.15) is 5.10 Å². The molecule has 0 spiro atoms. The van der Waals surface area contributed by atoms with Crippen LogP contribution in [-0.4, -0.2) is 39.9 Å². The summed E-state index contributed by atoms with van der Waals surface area (Å²) in [6.45, 7) is 2.25. The minimum Gasteiger partial charge on any atom is -0.480 e. The standard InChI is InChI=1S/C9H11N3O5S/c1-9(2)8(15)12(18(9,16)17)6-3-10-11(4-6)5-7(13)14/h3-4H,5H2,1-2H3,(H,13,14). The summed E-state index contributed by atoms with van der Waals surface area (Å²) in [7, 11) is -3.73. The molecule has 2 rings (SSSR count). The second-order valence-electron chi connectivity index (χ2n) is 4.37. The first-order chi connectivity index (χ1) is 8.18. The Bertz CT molecular complexity index is 630. The predicted molar refractivity (Wildman–Crippen MR) is 60.3 cm³/mol. The lowest BCUT2D eigenvalue weighted by molar-refractivity contribution is -0.137. The number of hydrogen-bond donors (Lipinski definition) is 1. The largest absolute Gasteiger partial charge is 0.480 e. The number of sulfonamides is 1. The Hall–Kier alpha value is -1.90. The summed E-state index contributed by atoms with van der Waals surface area (Å²) in [6.07, 6.45) is 2.35. The highest BCUT2D eigenvalue weighted by Gasteiger charge is 2.61. The zero-order chi connectivity index (χ0) is 13.7. The third-order valence-electron chi connectivity index (χ3n) is 2.74. The first kappa shape index (κ1) is 12.6. The van der Waals surface area contributed by atoms with Gasteiger partial charge in [0.25, 0.3) is 15.9 Å². The molecule has 1 fully saturated rings. The van der Waals surface area contributed by atoms with Gasteiger partial charge in [-0.25, -0.2) is 12.7 Å². The van der Waals surface area contributed by atoms with Crippen LogP contribution in [0, 0.1) is 0 Å². The third kappa shape index (κ3) is 1.50. The van der Waals surface area contributed by atoms with Crippen LogP contribution in [0.15, 0.2) is 12.4 Å². The zero-order valence-corrected chi connectivity index (χ0v) is 10.5. The molecule has 0 radical (unpaired) electrons. The van der Waals surface area contributed by atoms with Crippen LogP contribution in [0.25, 0.3) is 0 Å². The number of carbonyl (C=O) groups excluding carboxylic acids is 1. The van der Waals surface area contributed by atoms with Gasteiger partial charge in [-0.3, -0.25) is 14.3 Å². The highest BCUT2D eigenvalue weighted by molar-refractivity contribution is 7.98. The Kier molecular flexibility index (Phi) is 2.47. The molecule has 0 aromatic carbocycles. The molecular weight excluding hydrogens is 262 g/mol. The molecule has 0 unspecified atom stereocenters. The highest BCUT2D eigenvalue weighted by Crippen LogP contribution is 2.38. The predicted octanol–water partition coefficient (Wildman–Crippen LogP) is -0.577. The topological polar surface area (TPSA) is 110 Å². The molecule has 1 aliphatic rings. The normalized spacial score (nSPS) is 20.6. The van der Waals surface area contributed by atoms with Crippen LogP contribution < -0.4 is 4.31 Å². The molecule has 9 heteroatoms. The first-order valence-electron chi connectivity index (χ1n) is 5.01. The van der Waals surface area contributed by atoms with Crippen molar-refractivity contribution in [2.75, 3.05) is 4.31 Å². The van der Waals surface area contributed by atoms with E-state index in [1.807, 2.05) is 0 Å². The monoisotopic (exact) mass is 273 g/mol. The van der Waals surface area contributed by atoms with Crippen molar-refractivity contribution in [1.29, 1.82) is 0 Å². The fraction of sp³-hybridized carbons (Fsp3) is 0.444. The summed E-state index contributed by atoms with van der Waals surface area (Å²) >= 11 is 0. The molecule has 98 valence electrons. The van der Waals surface area contributed by atoms with E-state index in [-0.39, 0.29) is 5.69 Å². The molecule has 0 atom stereocenters. The van der Waals surface area contributed by atoms with E-state index in [4.69, 9.17) is 5.11 Å². The molecule has 1 amide bonds. The van der Waals surface area contributed by atoms with Gasteiger partial charge < -0.3 is 5.11 Å². The Morgan fingerprint density at radius 1 is 1.50 bits per heavy atom. The summed E-state index contributed by atoms with van der Waals surface area (Å²) in [5.74, 6) is -1.67. The van der Waals surface area contributed by atoms with Crippen molar-refractivity contribution in [2.24, 2.45) is 0 Å². The second kappa shape index (κ2) is 3.55. The minimum absolute atomic E-state index is 0.0561. The third-order valence-corrected chi connectivity index (χ3v) is 5.06. The summed E-state index contributed by atoms with van der Waals surface area (Å²) in [6, 6.07) is 0. The Morgan fingerprint density at radius 3 is 2.61 bits per heavy atom. The van der Waals surface area contributed by atoms with Crippen molar-refractivity contribution in [2.45, 2.75) is 25.1 Å². The number of aromatic nitrogens is 2. The van der Waals surface area contributed by atoms with Crippen LogP contribution in [0.4, 0.5) is 5.69 Å². The van der Waals surface area contributed by atoms with Crippen LogP contribution in [0.3, 0.4) is 0 Å². The van der Waals surface area contributed by atoms with Crippen molar-refractivity contribution in [3.05, 3.63) is 12.4 Å². The quantitative estimate of drug-likeness (QED) is 0.789. The van der Waals surface area contributed by atoms with Crippen molar-refractivity contribution in [3.8, 4) is 0 Å². The van der Waals surface area contributed by atoms with Gasteiger partial charge in [0.1, 0.15) is 6.54 Å². The zero-order valence-electron chi connectivity index (χ0n) is 9.69. The van der Waals surface area contributed by atoms with E-state index in [2.05, 4.69) is 5.10 Å². The maximum atomic E-state index is 11.9. The maximum absolute atomic E-state index is 11.9. The summed E-state index contributed by atoms with van der Waals surface area (Å²) in [4.78, 5) is 22.2. The number of rotatable bonds is 3. The SMILES string of the molecule is CC1(C)C(=O)N(c2cnn(CC(=O)O)c2)S1(=O)=O. The van der Waals surface area contributed by atoms with Gasteiger partial charge in [0, 0.05) is 0 Å². The summed E-state index contributed by atoms with van der Waals surface area (Å²) in [5, 5.41) is 12.2. The van der Waals surface area contributed by atoms with E-state index >= 15 is 0 Å². The van der Waals surface area contributed by atoms with Crippen LogP contribution in [-0.2, 0) is 26.2 Å². The smallest absolute Gasteiger partial charge is 0.325 e. The molecule has 18 heavy (non-hydrogen) atoms. The number of carboxylic acid groups (broad SMARTS) is 1. The molecule has 1 aromatic rings. The average Bonchev–Trinajstić information content (AvgIpc) is 2.64. The van der Waals surface area contributed by atoms with Gasteiger partial charge in [0.2, 0.25) is 0 Å². The first-order valence-corrected chi connectivity index (χ1v) is 6.45. The lowest BCUT2D eigenvalue weighted by atomic mass is 10.2. The van der Waals surface area contributed by atoms with E-state index in [1.54, 1.807) is 0 Å². The molecule has 0 saturated carbocycles. The Balaban J connectivity index is 2.32. The van der Waals surface area contributed by atoms with Crippen LogP contribution in [0.5, 0.6) is 0 Å². The molecule has 1 N–H and O–H groups in total. The van der Waals surface area contributed by atoms with E-state index in [9.17, 15) is 18.0 Å². The van der Waals surface area contributed by atoms with E-state index < -0.39 is 33.2 Å². The molecule has 0 aliphatic carbocycles. The van der Waals surface area contributed by atoms with Crippen molar-refractivity contribution in [3.63, 3.8) is 0 Å². The fourth-order valence-electron chi connectivity index (χ4n) is 1.59. The van der Waals surface area contributed by atoms with Gasteiger partial charge in [-0.1, -0.05) is 0 Å². The molecule has 0 bridgehead atoms. The number of anilines is 1. The Labute approximate surface area is 103 Å². The van der Waals surface area contributed by atoms with E-state index in [0.29, 0.717) is 4.31 Å². The second-order valence-corrected chi connectivity index (χ2v) is 6.71. The van der Waals surface area contributed by atoms with Gasteiger partial charge in [0.05, 0.1) is 18.1 Å². The fourth-order valence-corrected chi connectivity index (χ4v) is 3.05. The molecule has 1 aromatic heterocycles. The number of carbonyl (C=O) groups is 2. The minimum atomic E-state index is -3.73. The van der Waals surface area contributed by atoms with Crippen LogP contribution >= 0.6 is 0 Å². The van der Waals surface area contributed by atoms with Gasteiger partial charge in [-0.05, 0) is 13.8 Å². The van der Waals surface area contributed by atoms with Crippen molar-refractivity contribution >= 4 is 27.6 Å². The van der Waals surface area contributed by atoms with Gasteiger partial charge in [-0.15, -0.1) is 0 Å². The van der Waals surface area contributed by atoms with Gasteiger partial charge in [0.15, 0.2) is 4.75 Å². The molecule has 1 saturated heterocycles. The highest BCUT2D eigenvalue weighted by atomic mass is 32.2. The van der Waals surface area contributed by atoms with Gasteiger partial charge >= 0.3 is 5.97 Å². The maximum Gasteiger partial charge on any atom is 0.325 e. The molecule has 8 nitrogen and oxygen atoms in total. The summed E-state index contributed by atoms with van der Waals surface area (Å²) < 4.78 is 24.0. The lowest BCUT2D eigenvalue weighted by Crippen LogP contribution is -2.67. The number of amides is 1. The van der Waals surface area contributed by atoms with Crippen LogP contribution in [0.1, 0.15) is 13.8 Å². The lowest BCUT2D eigenvalue weighted by Gasteiger charge is -2.42. The average molecular weight is 273 g/mol. The van der Waals surface area contributed by atoms with E-state index in [1.165, 1.54) is 20.0 Å². The van der Waals surface area contributed by atoms with Crippen molar-refractivity contribution in [1.82, 2.24) is 9.78 Å². The number of nitrogens with zero attached hydrogens (tertiary/aromatic N) is 3. The number of hydrogen-bond acceptors (Lipinski definition) is 5. The van der Waals surface area contributed by atoms with Crippen molar-refractivity contribution < 1.29 is 23.1 Å². The molecule has 1 aliphatic heterocycles. The Morgan fingerprint density at radius 2 is 2.11 bits per heavy atom. The van der Waals surface area contributed by atoms with Crippen LogP contribution in [0.2, 0.25) is 0 Å². The molecular formula is C9H11N3O5S. The van der Waals surface area contributed by atoms with E-state index in [0.717, 1.165) is 10.9 Å².